The molecular formula is C17H20NO2+. The molecule has 1 aromatic carbocycles. The Hall–Kier alpha value is -2.03. The van der Waals surface area contributed by atoms with Gasteiger partial charge in [-0.25, -0.2) is 0 Å². The summed E-state index contributed by atoms with van der Waals surface area (Å²) in [5, 5.41) is 10.1. The first-order chi connectivity index (χ1) is 9.57. The molecule has 0 radical (unpaired) electrons. The average Bonchev–Trinajstić information content (AvgIpc) is 2.57. The van der Waals surface area contributed by atoms with Crippen LogP contribution in [0.3, 0.4) is 0 Å². The molecule has 0 aromatic heterocycles. The number of fused-ring (bicyclic) bond motifs is 1. The predicted molar refractivity (Wildman–Crippen MR) is 79.1 cm³/mol. The highest BCUT2D eigenvalue weighted by molar-refractivity contribution is 5.82. The maximum absolute atomic E-state index is 10.1. The van der Waals surface area contributed by atoms with E-state index in [4.69, 9.17) is 4.74 Å². The minimum atomic E-state index is -0.0759. The van der Waals surface area contributed by atoms with Gasteiger partial charge in [-0.3, -0.25) is 5.21 Å². The molecule has 0 saturated heterocycles. The average molecular weight is 270 g/mol. The molecule has 3 heteroatoms. The van der Waals surface area contributed by atoms with E-state index >= 15 is 0 Å². The van der Waals surface area contributed by atoms with Crippen LogP contribution in [0.15, 0.2) is 42.1 Å². The molecule has 0 spiro atoms. The second kappa shape index (κ2) is 4.82. The van der Waals surface area contributed by atoms with Crippen LogP contribution in [0.2, 0.25) is 0 Å². The Kier molecular flexibility index (Phi) is 3.13. The minimum Gasteiger partial charge on any atom is -0.492 e. The van der Waals surface area contributed by atoms with Crippen molar-refractivity contribution in [3.05, 3.63) is 47.7 Å². The standard InChI is InChI=1S/C17H20NO2/c1-17(2)11-14(15-8-5-6-10-18(15)19)13-7-3-4-9-16(13)20-12-17/h3-4,7-11,19H,5-6,12H2,1-2H3/q+1. The summed E-state index contributed by atoms with van der Waals surface area (Å²) < 4.78 is 7.17. The normalized spacial score (nSPS) is 20.8. The number of hydrogen-bond donors (Lipinski definition) is 1. The molecule has 2 heterocycles. The number of hydroxylamine groups is 1. The maximum atomic E-state index is 10.1. The number of allylic oxidation sites excluding steroid dienone is 2. The summed E-state index contributed by atoms with van der Waals surface area (Å²) in [6.45, 7) is 4.93. The van der Waals surface area contributed by atoms with E-state index in [1.165, 1.54) is 4.74 Å². The van der Waals surface area contributed by atoms with Gasteiger partial charge in [0.15, 0.2) is 6.21 Å². The van der Waals surface area contributed by atoms with Crippen molar-refractivity contribution in [1.29, 1.82) is 0 Å². The molecule has 3 nitrogen and oxygen atoms in total. The van der Waals surface area contributed by atoms with Crippen LogP contribution >= 0.6 is 0 Å². The predicted octanol–water partition coefficient (Wildman–Crippen LogP) is 3.64. The first-order valence-electron chi connectivity index (χ1n) is 7.04. The number of rotatable bonds is 1. The molecule has 0 saturated carbocycles. The lowest BCUT2D eigenvalue weighted by Crippen LogP contribution is -2.18. The zero-order valence-electron chi connectivity index (χ0n) is 12.0. The summed E-state index contributed by atoms with van der Waals surface area (Å²) in [5.41, 5.74) is 2.86. The summed E-state index contributed by atoms with van der Waals surface area (Å²) in [6.07, 6.45) is 7.93. The lowest BCUT2D eigenvalue weighted by atomic mass is 9.89. The third-order valence-corrected chi connectivity index (χ3v) is 3.64. The molecule has 2 aliphatic heterocycles. The van der Waals surface area contributed by atoms with Gasteiger partial charge in [0.1, 0.15) is 5.75 Å². The summed E-state index contributed by atoms with van der Waals surface area (Å²) in [7, 11) is 0. The number of hydrogen-bond acceptors (Lipinski definition) is 2. The summed E-state index contributed by atoms with van der Waals surface area (Å²) in [4.78, 5) is 0. The van der Waals surface area contributed by atoms with E-state index in [9.17, 15) is 5.21 Å². The fourth-order valence-electron chi connectivity index (χ4n) is 2.64. The summed E-state index contributed by atoms with van der Waals surface area (Å²) in [5.74, 6) is 0.879. The lowest BCUT2D eigenvalue weighted by molar-refractivity contribution is -0.732. The molecule has 0 unspecified atom stereocenters. The van der Waals surface area contributed by atoms with Gasteiger partial charge in [-0.05, 0) is 18.6 Å². The molecule has 2 aliphatic rings. The van der Waals surface area contributed by atoms with Crippen LogP contribution in [0.4, 0.5) is 0 Å². The Labute approximate surface area is 119 Å². The van der Waals surface area contributed by atoms with Crippen molar-refractivity contribution in [2.45, 2.75) is 26.7 Å². The zero-order chi connectivity index (χ0) is 14.2. The van der Waals surface area contributed by atoms with Crippen molar-refractivity contribution in [3.8, 4) is 5.75 Å². The molecule has 0 atom stereocenters. The van der Waals surface area contributed by atoms with Gasteiger partial charge in [0, 0.05) is 22.1 Å². The number of benzene rings is 1. The SMILES string of the molecule is CC1(C)C=C(C2=CCCC=[N+]2O)c2ccccc2OC1. The number of nitrogens with zero attached hydrogens (tertiary/aromatic N) is 1. The Morgan fingerprint density at radius 2 is 2.00 bits per heavy atom. The monoisotopic (exact) mass is 270 g/mol. The lowest BCUT2D eigenvalue weighted by Gasteiger charge is -2.18. The van der Waals surface area contributed by atoms with E-state index in [0.717, 1.165) is 35.4 Å². The van der Waals surface area contributed by atoms with Crippen molar-refractivity contribution in [3.63, 3.8) is 0 Å². The van der Waals surface area contributed by atoms with Crippen LogP contribution in [0.5, 0.6) is 5.75 Å². The van der Waals surface area contributed by atoms with Gasteiger partial charge < -0.3 is 4.74 Å². The highest BCUT2D eigenvalue weighted by atomic mass is 16.5. The van der Waals surface area contributed by atoms with Crippen LogP contribution in [0.25, 0.3) is 5.57 Å². The molecule has 0 aliphatic carbocycles. The first kappa shape index (κ1) is 13.0. The third-order valence-electron chi connectivity index (χ3n) is 3.64. The topological polar surface area (TPSA) is 32.5 Å². The van der Waals surface area contributed by atoms with Crippen molar-refractivity contribution in [2.24, 2.45) is 5.41 Å². The van der Waals surface area contributed by atoms with Crippen molar-refractivity contribution in [1.82, 2.24) is 0 Å². The van der Waals surface area contributed by atoms with Crippen LogP contribution in [-0.2, 0) is 0 Å². The van der Waals surface area contributed by atoms with Gasteiger partial charge in [-0.2, -0.15) is 0 Å². The van der Waals surface area contributed by atoms with Gasteiger partial charge in [-0.1, -0.05) is 38.1 Å². The highest BCUT2D eigenvalue weighted by Gasteiger charge is 2.30. The van der Waals surface area contributed by atoms with Crippen LogP contribution in [0.1, 0.15) is 32.3 Å². The molecule has 0 fully saturated rings. The van der Waals surface area contributed by atoms with Gasteiger partial charge >= 0.3 is 0 Å². The molecule has 0 amide bonds. The maximum Gasteiger partial charge on any atom is 0.260 e. The fourth-order valence-corrected chi connectivity index (χ4v) is 2.64. The highest BCUT2D eigenvalue weighted by Crippen LogP contribution is 2.38. The summed E-state index contributed by atoms with van der Waals surface area (Å²) >= 11 is 0. The van der Waals surface area contributed by atoms with Crippen molar-refractivity contribution < 1.29 is 14.7 Å². The number of para-hydroxylation sites is 1. The second-order valence-corrected chi connectivity index (χ2v) is 6.03. The quantitative estimate of drug-likeness (QED) is 0.624. The van der Waals surface area contributed by atoms with Gasteiger partial charge in [-0.15, -0.1) is 0 Å². The van der Waals surface area contributed by atoms with Crippen molar-refractivity contribution >= 4 is 11.8 Å². The van der Waals surface area contributed by atoms with E-state index in [2.05, 4.69) is 26.0 Å². The van der Waals surface area contributed by atoms with E-state index < -0.39 is 0 Å². The Morgan fingerprint density at radius 3 is 2.80 bits per heavy atom. The van der Waals surface area contributed by atoms with Crippen LogP contribution in [0, 0.1) is 5.41 Å². The molecule has 104 valence electrons. The van der Waals surface area contributed by atoms with E-state index in [1.807, 2.05) is 30.5 Å². The summed E-state index contributed by atoms with van der Waals surface area (Å²) in [6, 6.07) is 8.02. The third kappa shape index (κ3) is 2.36. The number of ether oxygens (including phenoxy) is 1. The Bertz CT molecular complexity index is 624. The van der Waals surface area contributed by atoms with E-state index in [0.29, 0.717) is 6.61 Å². The van der Waals surface area contributed by atoms with Gasteiger partial charge in [0.25, 0.3) is 5.70 Å². The minimum absolute atomic E-state index is 0.0759. The molecule has 20 heavy (non-hydrogen) atoms. The molecule has 3 rings (SSSR count). The fraction of sp³-hybridized carbons (Fsp3) is 0.353. The Balaban J connectivity index is 2.17. The molecule has 1 N–H and O–H groups in total. The van der Waals surface area contributed by atoms with E-state index in [-0.39, 0.29) is 5.41 Å². The van der Waals surface area contributed by atoms with Gasteiger partial charge in [0.05, 0.1) is 12.2 Å². The van der Waals surface area contributed by atoms with Gasteiger partial charge in [0.2, 0.25) is 0 Å². The molecule has 1 aromatic rings. The largest absolute Gasteiger partial charge is 0.492 e. The molecule has 0 bridgehead atoms. The first-order valence-corrected chi connectivity index (χ1v) is 7.04. The van der Waals surface area contributed by atoms with Crippen LogP contribution in [-0.4, -0.2) is 22.8 Å². The smallest absolute Gasteiger partial charge is 0.260 e. The second-order valence-electron chi connectivity index (χ2n) is 6.03. The molecular weight excluding hydrogens is 250 g/mol. The Morgan fingerprint density at radius 1 is 1.20 bits per heavy atom. The van der Waals surface area contributed by atoms with Crippen LogP contribution < -0.4 is 4.74 Å². The zero-order valence-corrected chi connectivity index (χ0v) is 12.0. The van der Waals surface area contributed by atoms with E-state index in [1.54, 1.807) is 0 Å². The van der Waals surface area contributed by atoms with Crippen molar-refractivity contribution in [2.75, 3.05) is 6.61 Å².